The maximum Gasteiger partial charge on any atom is 0.423 e. The van der Waals surface area contributed by atoms with Gasteiger partial charge in [-0.3, -0.25) is 0 Å². The average molecular weight is 590 g/mol. The van der Waals surface area contributed by atoms with E-state index in [0.717, 1.165) is 0 Å². The van der Waals surface area contributed by atoms with Gasteiger partial charge >= 0.3 is 47.8 Å². The van der Waals surface area contributed by atoms with E-state index in [0.29, 0.717) is 19.3 Å². The van der Waals surface area contributed by atoms with Gasteiger partial charge in [-0.25, -0.2) is 0 Å². The molecule has 0 aliphatic rings. The number of unbranched alkanes of at least 4 members (excludes halogenated alkanes) is 8. The third kappa shape index (κ3) is 7.90. The molecule has 0 aromatic rings. The Morgan fingerprint density at radius 1 is 0.324 bits per heavy atom. The molecule has 1 nitrogen and oxygen atoms in total. The first kappa shape index (κ1) is 35.8. The van der Waals surface area contributed by atoms with E-state index in [1.807, 2.05) is 0 Å². The summed E-state index contributed by atoms with van der Waals surface area (Å²) in [6.07, 6.45) is -14.7. The minimum absolute atomic E-state index is 0.00731. The third-order valence-electron chi connectivity index (χ3n) is 5.37. The number of aliphatic hydroxyl groups is 1. The highest BCUT2D eigenvalue weighted by atomic mass is 19.4. The van der Waals surface area contributed by atoms with Crippen LogP contribution in [0.3, 0.4) is 0 Å². The molecule has 37 heavy (non-hydrogen) atoms. The second-order valence-corrected chi connectivity index (χ2v) is 8.41. The number of hydrogen-bond donors (Lipinski definition) is 1. The van der Waals surface area contributed by atoms with Gasteiger partial charge in [-0.05, 0) is 12.8 Å². The first-order valence-electron chi connectivity index (χ1n) is 10.6. The van der Waals surface area contributed by atoms with Crippen molar-refractivity contribution in [1.29, 1.82) is 0 Å². The summed E-state index contributed by atoms with van der Waals surface area (Å²) in [5.74, 6) is -45.7. The average Bonchev–Trinajstić information content (AvgIpc) is 2.69. The van der Waals surface area contributed by atoms with Crippen LogP contribution in [0.2, 0.25) is 0 Å². The van der Waals surface area contributed by atoms with Crippen LogP contribution in [0.5, 0.6) is 0 Å². The largest absolute Gasteiger partial charge is 0.423 e. The predicted molar refractivity (Wildman–Crippen MR) is 93.7 cm³/mol. The SMILES string of the molecule is OC(F)(F)C(F)(F)C(F)(F)C(F)(F)C(F)(F)C(F)(F)C(F)(F)CCCCCCCCCCCC(F)(F)F. The van der Waals surface area contributed by atoms with E-state index in [1.54, 1.807) is 0 Å². The molecule has 0 saturated carbocycles. The molecular weight excluding hydrogens is 567 g/mol. The second kappa shape index (κ2) is 11.9. The van der Waals surface area contributed by atoms with Crippen LogP contribution in [-0.4, -0.2) is 52.9 Å². The monoisotopic (exact) mass is 590 g/mol. The minimum atomic E-state index is -8.19. The highest BCUT2D eigenvalue weighted by Crippen LogP contribution is 2.62. The molecule has 0 aliphatic carbocycles. The molecule has 0 bridgehead atoms. The lowest BCUT2D eigenvalue weighted by Crippen LogP contribution is -2.73. The first-order valence-corrected chi connectivity index (χ1v) is 10.6. The molecule has 0 aromatic heterocycles. The summed E-state index contributed by atoms with van der Waals surface area (Å²) in [4.78, 5) is 0. The van der Waals surface area contributed by atoms with E-state index in [1.165, 1.54) is 0 Å². The van der Waals surface area contributed by atoms with Crippen LogP contribution in [0.15, 0.2) is 0 Å². The van der Waals surface area contributed by atoms with Crippen LogP contribution in [0.25, 0.3) is 0 Å². The molecule has 0 radical (unpaired) electrons. The zero-order chi connectivity index (χ0) is 29.8. The van der Waals surface area contributed by atoms with Crippen molar-refractivity contribution >= 4 is 0 Å². The van der Waals surface area contributed by atoms with Crippen molar-refractivity contribution in [2.45, 2.75) is 118 Å². The maximum atomic E-state index is 13.7. The van der Waals surface area contributed by atoms with Crippen LogP contribution in [0.1, 0.15) is 70.6 Å². The molecule has 0 fully saturated rings. The summed E-state index contributed by atoms with van der Waals surface area (Å²) in [5.41, 5.74) is 0. The second-order valence-electron chi connectivity index (χ2n) is 8.41. The zero-order valence-electron chi connectivity index (χ0n) is 18.7. The number of rotatable bonds is 17. The fraction of sp³-hybridized carbons (Fsp3) is 1.00. The Kier molecular flexibility index (Phi) is 11.5. The van der Waals surface area contributed by atoms with Gasteiger partial charge in [0, 0.05) is 12.8 Å². The van der Waals surface area contributed by atoms with Gasteiger partial charge in [-0.1, -0.05) is 44.9 Å². The summed E-state index contributed by atoms with van der Waals surface area (Å²) < 4.78 is 221. The lowest BCUT2D eigenvalue weighted by atomic mass is 9.89. The molecule has 0 aliphatic heterocycles. The highest BCUT2D eigenvalue weighted by molar-refractivity contribution is 5.12. The van der Waals surface area contributed by atoms with Crippen molar-refractivity contribution in [1.82, 2.24) is 0 Å². The number of alkyl halides is 17. The summed E-state index contributed by atoms with van der Waals surface area (Å²) in [6, 6.07) is 0. The predicted octanol–water partition coefficient (Wildman–Crippen LogP) is 9.24. The lowest BCUT2D eigenvalue weighted by Gasteiger charge is -2.41. The Bertz CT molecular complexity index is 694. The Labute approximate surface area is 199 Å². The molecule has 0 heterocycles. The van der Waals surface area contributed by atoms with E-state index in [9.17, 15) is 74.6 Å². The van der Waals surface area contributed by atoms with Crippen LogP contribution in [-0.2, 0) is 0 Å². The zero-order valence-corrected chi connectivity index (χ0v) is 18.7. The minimum Gasteiger partial charge on any atom is -0.331 e. The number of hydrogen-bond acceptors (Lipinski definition) is 1. The summed E-state index contributed by atoms with van der Waals surface area (Å²) in [6.45, 7) is 0. The first-order chi connectivity index (χ1) is 16.2. The molecule has 0 unspecified atom stereocenters. The molecule has 18 heteroatoms. The topological polar surface area (TPSA) is 20.2 Å². The molecule has 224 valence electrons. The van der Waals surface area contributed by atoms with Crippen molar-refractivity contribution in [2.24, 2.45) is 0 Å². The fourth-order valence-corrected chi connectivity index (χ4v) is 3.08. The molecule has 0 spiro atoms. The lowest BCUT2D eigenvalue weighted by molar-refractivity contribution is -0.461. The van der Waals surface area contributed by atoms with Gasteiger partial charge in [-0.15, -0.1) is 0 Å². The van der Waals surface area contributed by atoms with Gasteiger partial charge in [0.25, 0.3) is 0 Å². The van der Waals surface area contributed by atoms with E-state index in [4.69, 9.17) is 5.11 Å². The van der Waals surface area contributed by atoms with Crippen LogP contribution in [0.4, 0.5) is 74.6 Å². The quantitative estimate of drug-likeness (QED) is 0.132. The van der Waals surface area contributed by atoms with E-state index < -0.39 is 73.5 Å². The smallest absolute Gasteiger partial charge is 0.331 e. The Morgan fingerprint density at radius 3 is 0.919 bits per heavy atom. The standard InChI is InChI=1S/C19H23F17O/c20-12(21,10-8-6-4-2-1-3-5-7-9-11-13(22,23)24)14(25,26)15(27,28)16(29,30)17(31,32)18(33,34)19(35,36)37/h37H,1-11H2. The summed E-state index contributed by atoms with van der Waals surface area (Å²) in [7, 11) is 0. The van der Waals surface area contributed by atoms with Crippen molar-refractivity contribution in [3.8, 4) is 0 Å². The summed E-state index contributed by atoms with van der Waals surface area (Å²) in [5, 5.41) is 7.64. The van der Waals surface area contributed by atoms with Crippen LogP contribution in [0, 0.1) is 0 Å². The van der Waals surface area contributed by atoms with Crippen LogP contribution < -0.4 is 0 Å². The molecule has 0 aromatic carbocycles. The van der Waals surface area contributed by atoms with Crippen molar-refractivity contribution in [3.05, 3.63) is 0 Å². The van der Waals surface area contributed by atoms with Gasteiger partial charge in [0.15, 0.2) is 0 Å². The maximum absolute atomic E-state index is 13.7. The molecule has 0 saturated heterocycles. The molecular formula is C19H23F17O. The Morgan fingerprint density at radius 2 is 0.595 bits per heavy atom. The number of halogens is 17. The van der Waals surface area contributed by atoms with Gasteiger partial charge in [0.1, 0.15) is 0 Å². The molecule has 0 rings (SSSR count). The Balaban J connectivity index is 5.01. The van der Waals surface area contributed by atoms with Gasteiger partial charge < -0.3 is 5.11 Å². The molecule has 1 N–H and O–H groups in total. The third-order valence-corrected chi connectivity index (χ3v) is 5.37. The van der Waals surface area contributed by atoms with Gasteiger partial charge in [0.2, 0.25) is 0 Å². The van der Waals surface area contributed by atoms with Crippen molar-refractivity contribution in [2.75, 3.05) is 0 Å². The van der Waals surface area contributed by atoms with Gasteiger partial charge in [-0.2, -0.15) is 74.6 Å². The van der Waals surface area contributed by atoms with Crippen molar-refractivity contribution < 1.29 is 79.7 Å². The van der Waals surface area contributed by atoms with E-state index in [-0.39, 0.29) is 25.7 Å². The van der Waals surface area contributed by atoms with Crippen LogP contribution >= 0.6 is 0 Å². The van der Waals surface area contributed by atoms with Gasteiger partial charge in [0.05, 0.1) is 0 Å². The Hall–Kier alpha value is -1.23. The van der Waals surface area contributed by atoms with E-state index >= 15 is 0 Å². The highest BCUT2D eigenvalue weighted by Gasteiger charge is 2.92. The van der Waals surface area contributed by atoms with E-state index in [2.05, 4.69) is 0 Å². The van der Waals surface area contributed by atoms with Crippen molar-refractivity contribution in [3.63, 3.8) is 0 Å². The fourth-order valence-electron chi connectivity index (χ4n) is 3.08. The summed E-state index contributed by atoms with van der Waals surface area (Å²) >= 11 is 0. The normalized spacial score (nSPS) is 15.4. The molecule has 0 atom stereocenters. The molecule has 0 amide bonds.